The van der Waals surface area contributed by atoms with Crippen LogP contribution in [0.3, 0.4) is 0 Å². The summed E-state index contributed by atoms with van der Waals surface area (Å²) in [5.41, 5.74) is 0.273. The molecular weight excluding hydrogens is 494 g/mol. The largest absolute Gasteiger partial charge is 1.00 e. The van der Waals surface area contributed by atoms with E-state index in [0.29, 0.717) is 35.2 Å². The van der Waals surface area contributed by atoms with E-state index < -0.39 is 28.0 Å². The minimum Gasteiger partial charge on any atom is -0.545 e. The van der Waals surface area contributed by atoms with Crippen LogP contribution in [0, 0.1) is 27.3 Å². The summed E-state index contributed by atoms with van der Waals surface area (Å²) in [5, 5.41) is 32.5. The van der Waals surface area contributed by atoms with E-state index in [1.54, 1.807) is 36.2 Å². The second kappa shape index (κ2) is 12.6. The minimum atomic E-state index is -1.65. The van der Waals surface area contributed by atoms with Crippen molar-refractivity contribution in [3.8, 4) is 11.8 Å². The maximum atomic E-state index is 14.3. The molecule has 0 radical (unpaired) electrons. The fourth-order valence-corrected chi connectivity index (χ4v) is 4.99. The Labute approximate surface area is 228 Å². The number of aromatic nitrogens is 1. The number of carbonyl (C=O) groups excluding carboxylic acids is 1. The van der Waals surface area contributed by atoms with Crippen molar-refractivity contribution in [1.29, 1.82) is 5.26 Å². The predicted octanol–water partition coefficient (Wildman–Crippen LogP) is 0.708. The molecule has 0 amide bonds. The number of para-hydroxylation sites is 1. The molecule has 0 bridgehead atoms. The molecule has 184 valence electrons. The second-order valence-electron chi connectivity index (χ2n) is 8.07. The number of hydrogen-bond donors (Lipinski definition) is 0. The third-order valence-corrected chi connectivity index (χ3v) is 7.03. The van der Waals surface area contributed by atoms with Crippen LogP contribution in [-0.4, -0.2) is 34.2 Å². The van der Waals surface area contributed by atoms with Gasteiger partial charge >= 0.3 is 24.5 Å². The first-order valence-electron chi connectivity index (χ1n) is 11.0. The normalized spacial score (nSPS) is 13.4. The van der Waals surface area contributed by atoms with E-state index in [0.717, 1.165) is 23.9 Å². The van der Waals surface area contributed by atoms with Crippen LogP contribution >= 0.6 is 11.8 Å². The number of rotatable bonds is 8. The van der Waals surface area contributed by atoms with Crippen molar-refractivity contribution >= 4 is 29.1 Å². The van der Waals surface area contributed by atoms with Gasteiger partial charge in [0.15, 0.2) is 5.75 Å². The second-order valence-corrected chi connectivity index (χ2v) is 9.39. The van der Waals surface area contributed by atoms with Crippen molar-refractivity contribution < 1.29 is 42.8 Å². The molecule has 2 heterocycles. The number of thioether (sulfide) groups is 1. The molecule has 0 atom stereocenters. The minimum absolute atomic E-state index is 0. The molecule has 1 fully saturated rings. The smallest absolute Gasteiger partial charge is 0.545 e. The third-order valence-electron chi connectivity index (χ3n) is 5.74. The van der Waals surface area contributed by atoms with Gasteiger partial charge in [0.1, 0.15) is 12.4 Å². The first kappa shape index (κ1) is 28.0. The molecule has 1 aliphatic heterocycles. The van der Waals surface area contributed by atoms with E-state index in [-0.39, 0.29) is 31.2 Å². The van der Waals surface area contributed by atoms with Crippen LogP contribution < -0.4 is 33.6 Å². The van der Waals surface area contributed by atoms with Gasteiger partial charge in [-0.2, -0.15) is 5.26 Å². The van der Waals surface area contributed by atoms with E-state index in [1.165, 1.54) is 18.2 Å². The van der Waals surface area contributed by atoms with Gasteiger partial charge in [0.25, 0.3) is 0 Å². The van der Waals surface area contributed by atoms with E-state index in [4.69, 9.17) is 10.00 Å². The summed E-state index contributed by atoms with van der Waals surface area (Å²) in [6.07, 6.45) is 3.29. The molecule has 3 aromatic rings. The van der Waals surface area contributed by atoms with Crippen LogP contribution in [0.15, 0.2) is 59.8 Å². The van der Waals surface area contributed by atoms with Crippen molar-refractivity contribution in [2.24, 2.45) is 0 Å². The first-order valence-corrected chi connectivity index (χ1v) is 11.9. The molecule has 0 unspecified atom stereocenters. The van der Waals surface area contributed by atoms with Crippen LogP contribution in [0.4, 0.5) is 15.8 Å². The fraction of sp³-hybridized carbons (Fsp3) is 0.240. The van der Waals surface area contributed by atoms with Crippen molar-refractivity contribution in [3.63, 3.8) is 0 Å². The van der Waals surface area contributed by atoms with Gasteiger partial charge in [-0.05, 0) is 49.2 Å². The summed E-state index contributed by atoms with van der Waals surface area (Å²) in [4.78, 5) is 28.1. The van der Waals surface area contributed by atoms with Crippen LogP contribution in [0.1, 0.15) is 34.3 Å². The number of anilines is 1. The summed E-state index contributed by atoms with van der Waals surface area (Å²) < 4.78 is 19.8. The summed E-state index contributed by atoms with van der Waals surface area (Å²) >= 11 is 1.63. The van der Waals surface area contributed by atoms with E-state index in [2.05, 4.69) is 4.98 Å². The Morgan fingerprint density at radius 3 is 2.59 bits per heavy atom. The maximum Gasteiger partial charge on any atom is 1.00 e. The van der Waals surface area contributed by atoms with Crippen molar-refractivity contribution in [1.82, 2.24) is 4.98 Å². The number of nitro groups is 1. The first-order chi connectivity index (χ1) is 17.4. The number of carboxylic acids is 1. The van der Waals surface area contributed by atoms with Gasteiger partial charge < -0.3 is 19.5 Å². The number of carboxylic acid groups (broad SMARTS) is 1. The van der Waals surface area contributed by atoms with Crippen LogP contribution in [0.2, 0.25) is 0 Å². The third kappa shape index (κ3) is 6.80. The number of carbonyl (C=O) groups is 1. The molecule has 1 saturated heterocycles. The zero-order valence-electron chi connectivity index (χ0n) is 19.9. The number of hydrogen-bond acceptors (Lipinski definition) is 9. The number of nitriles is 1. The average molecular weight is 514 g/mol. The standard InChI is InChI=1S/C25H21FN4O5S.Li/c26-20-12-16(13-27)4-6-21(20)29-10-8-18(9-11-29)36-23-7-5-17(14-28-23)15-35-22-3-1-2-19(25(31)32)24(22)30(33)34;/h1-7,12,14,18H,8-11,15H2,(H,31,32);/q;+1/p-1. The number of piperidine rings is 1. The van der Waals surface area contributed by atoms with Crippen LogP contribution in [0.25, 0.3) is 0 Å². The Morgan fingerprint density at radius 2 is 2.00 bits per heavy atom. The Bertz CT molecular complexity index is 1330. The van der Waals surface area contributed by atoms with Crippen LogP contribution in [-0.2, 0) is 6.61 Å². The molecule has 1 aromatic heterocycles. The van der Waals surface area contributed by atoms with Gasteiger partial charge in [-0.1, -0.05) is 12.1 Å². The van der Waals surface area contributed by atoms with E-state index >= 15 is 0 Å². The van der Waals surface area contributed by atoms with E-state index in [9.17, 15) is 24.4 Å². The molecule has 0 saturated carbocycles. The van der Waals surface area contributed by atoms with E-state index in [1.807, 2.05) is 17.0 Å². The molecule has 12 heteroatoms. The van der Waals surface area contributed by atoms with Crippen LogP contribution in [0.5, 0.6) is 5.75 Å². The molecule has 0 aliphatic carbocycles. The topological polar surface area (TPSA) is 132 Å². The Hall–Kier alpha value is -3.57. The number of pyridine rings is 1. The number of aromatic carboxylic acids is 1. The molecular formula is C25H20FLiN4O5S. The SMILES string of the molecule is N#Cc1ccc(N2CCC(Sc3ccc(COc4cccc(C(=O)[O-])c4[N+](=O)[O-])cn3)CC2)c(F)c1.[Li+]. The summed E-state index contributed by atoms with van der Waals surface area (Å²) in [6.45, 7) is 1.36. The molecule has 0 N–H and O–H groups in total. The molecule has 9 nitrogen and oxygen atoms in total. The molecule has 4 rings (SSSR count). The number of nitro benzene ring substituents is 1. The van der Waals surface area contributed by atoms with Gasteiger partial charge in [-0.15, -0.1) is 11.8 Å². The van der Waals surface area contributed by atoms with Gasteiger partial charge in [0, 0.05) is 30.1 Å². The Balaban J connectivity index is 0.00000380. The molecule has 0 spiro atoms. The molecule has 1 aliphatic rings. The average Bonchev–Trinajstić information content (AvgIpc) is 2.88. The van der Waals surface area contributed by atoms with Gasteiger partial charge in [0.05, 0.1) is 38.8 Å². The van der Waals surface area contributed by atoms with Gasteiger partial charge in [-0.25, -0.2) is 9.37 Å². The fourth-order valence-electron chi connectivity index (χ4n) is 3.94. The Kier molecular flexibility index (Phi) is 9.53. The monoisotopic (exact) mass is 514 g/mol. The summed E-state index contributed by atoms with van der Waals surface area (Å²) in [5.74, 6) is -2.20. The predicted molar refractivity (Wildman–Crippen MR) is 128 cm³/mol. The zero-order chi connectivity index (χ0) is 25.7. The number of nitrogens with zero attached hydrogens (tertiary/aromatic N) is 4. The number of benzene rings is 2. The van der Waals surface area contributed by atoms with Crippen molar-refractivity contribution in [2.45, 2.75) is 29.7 Å². The number of ether oxygens (including phenoxy) is 1. The summed E-state index contributed by atoms with van der Waals surface area (Å²) in [7, 11) is 0. The van der Waals surface area contributed by atoms with Gasteiger partial charge in [-0.3, -0.25) is 10.1 Å². The van der Waals surface area contributed by atoms with Crippen molar-refractivity contribution in [2.75, 3.05) is 18.0 Å². The zero-order valence-corrected chi connectivity index (χ0v) is 20.7. The quantitative estimate of drug-likeness (QED) is 0.242. The van der Waals surface area contributed by atoms with Crippen molar-refractivity contribution in [3.05, 3.63) is 87.3 Å². The maximum absolute atomic E-state index is 14.3. The Morgan fingerprint density at radius 1 is 1.24 bits per heavy atom. The summed E-state index contributed by atoms with van der Waals surface area (Å²) in [6, 6.07) is 13.9. The number of halogens is 1. The van der Waals surface area contributed by atoms with Gasteiger partial charge in [0.2, 0.25) is 0 Å². The molecule has 37 heavy (non-hydrogen) atoms. The molecule has 2 aromatic carbocycles.